The molecule has 1 heteroatoms. The molecule has 0 saturated heterocycles. The topological polar surface area (TPSA) is 20.2 Å². The molecule has 0 amide bonds. The lowest BCUT2D eigenvalue weighted by molar-refractivity contribution is 0.478. The fraction of sp³-hybridized carbons (Fsp3) is 0. The predicted molar refractivity (Wildman–Crippen MR) is 159 cm³/mol. The average Bonchev–Trinajstić information content (AvgIpc) is 2.97. The molecule has 8 aromatic carbocycles. The highest BCUT2D eigenvalue weighted by Gasteiger charge is 2.19. The highest BCUT2D eigenvalue weighted by Crippen LogP contribution is 2.48. The van der Waals surface area contributed by atoms with E-state index in [9.17, 15) is 5.11 Å². The van der Waals surface area contributed by atoms with Gasteiger partial charge in [0.2, 0.25) is 0 Å². The summed E-state index contributed by atoms with van der Waals surface area (Å²) in [6.45, 7) is 0. The molecule has 1 N–H and O–H groups in total. The standard InChI is InChI=1S/C36H22O/c37-33-21-20-31-27-15-4-2-11-23(27)26-14-6-8-17-30(26)35(31)36(33)32-19-9-18-29-25-12-3-1-10-22(25)24-13-5-7-16-28(24)34(29)32/h1-21,37H. The van der Waals surface area contributed by atoms with Gasteiger partial charge in [0.05, 0.1) is 0 Å². The molecule has 0 spiro atoms. The van der Waals surface area contributed by atoms with Crippen LogP contribution in [-0.2, 0) is 0 Å². The number of hydrogen-bond acceptors (Lipinski definition) is 1. The highest BCUT2D eigenvalue weighted by molar-refractivity contribution is 6.33. The highest BCUT2D eigenvalue weighted by atomic mass is 16.3. The van der Waals surface area contributed by atoms with Crippen molar-refractivity contribution < 1.29 is 5.11 Å². The van der Waals surface area contributed by atoms with Gasteiger partial charge in [-0.3, -0.25) is 0 Å². The fourth-order valence-corrected chi connectivity index (χ4v) is 6.42. The minimum absolute atomic E-state index is 0.303. The smallest absolute Gasteiger partial charge is 0.124 e. The molecule has 0 aliphatic carbocycles. The second kappa shape index (κ2) is 7.56. The third kappa shape index (κ3) is 2.74. The second-order valence-corrected chi connectivity index (χ2v) is 9.79. The lowest BCUT2D eigenvalue weighted by atomic mass is 9.85. The molecule has 8 rings (SSSR count). The number of hydrogen-bond donors (Lipinski definition) is 1. The monoisotopic (exact) mass is 470 g/mol. The van der Waals surface area contributed by atoms with Crippen molar-refractivity contribution in [1.82, 2.24) is 0 Å². The van der Waals surface area contributed by atoms with Gasteiger partial charge in [-0.15, -0.1) is 0 Å². The Hall–Kier alpha value is -4.88. The number of fused-ring (bicyclic) bond motifs is 12. The van der Waals surface area contributed by atoms with Crippen LogP contribution in [0.2, 0.25) is 0 Å². The molecular formula is C36H22O. The molecule has 0 aliphatic rings. The van der Waals surface area contributed by atoms with Gasteiger partial charge in [0.1, 0.15) is 5.75 Å². The van der Waals surface area contributed by atoms with Gasteiger partial charge in [0, 0.05) is 10.9 Å². The van der Waals surface area contributed by atoms with Crippen LogP contribution in [0.25, 0.3) is 75.8 Å². The third-order valence-electron chi connectivity index (χ3n) is 7.92. The van der Waals surface area contributed by atoms with Crippen LogP contribution < -0.4 is 0 Å². The van der Waals surface area contributed by atoms with Crippen LogP contribution in [0, 0.1) is 0 Å². The molecule has 0 radical (unpaired) electrons. The number of phenolic OH excluding ortho intramolecular Hbond substituents is 1. The summed E-state index contributed by atoms with van der Waals surface area (Å²) in [5.41, 5.74) is 1.95. The Labute approximate surface area is 213 Å². The summed E-state index contributed by atoms with van der Waals surface area (Å²) in [5.74, 6) is 0.303. The quantitative estimate of drug-likeness (QED) is 0.237. The van der Waals surface area contributed by atoms with E-state index in [4.69, 9.17) is 0 Å². The predicted octanol–water partition coefficient (Wildman–Crippen LogP) is 9.98. The lowest BCUT2D eigenvalue weighted by Crippen LogP contribution is -1.91. The van der Waals surface area contributed by atoms with E-state index in [0.717, 1.165) is 27.3 Å². The van der Waals surface area contributed by atoms with Crippen molar-refractivity contribution in [1.29, 1.82) is 0 Å². The summed E-state index contributed by atoms with van der Waals surface area (Å²) in [4.78, 5) is 0. The third-order valence-corrected chi connectivity index (χ3v) is 7.92. The zero-order valence-electron chi connectivity index (χ0n) is 20.1. The Morgan fingerprint density at radius 3 is 1.14 bits per heavy atom. The van der Waals surface area contributed by atoms with Crippen molar-refractivity contribution >= 4 is 64.6 Å². The summed E-state index contributed by atoms with van der Waals surface area (Å²) in [6, 6.07) is 44.9. The zero-order valence-corrected chi connectivity index (χ0v) is 20.1. The van der Waals surface area contributed by atoms with E-state index in [0.29, 0.717) is 5.75 Å². The molecule has 8 aromatic rings. The maximum absolute atomic E-state index is 11.5. The maximum atomic E-state index is 11.5. The number of benzene rings is 8. The van der Waals surface area contributed by atoms with Crippen molar-refractivity contribution in [3.05, 3.63) is 127 Å². The van der Waals surface area contributed by atoms with Crippen LogP contribution in [0.4, 0.5) is 0 Å². The maximum Gasteiger partial charge on any atom is 0.124 e. The Bertz CT molecular complexity index is 2120. The Morgan fingerprint density at radius 1 is 0.297 bits per heavy atom. The summed E-state index contributed by atoms with van der Waals surface area (Å²) in [5, 5.41) is 25.9. The SMILES string of the molecule is Oc1ccc2c3ccccc3c3ccccc3c2c1-c1cccc2c3ccccc3c3ccccc3c12. The van der Waals surface area contributed by atoms with E-state index in [2.05, 4.69) is 121 Å². The van der Waals surface area contributed by atoms with Gasteiger partial charge >= 0.3 is 0 Å². The van der Waals surface area contributed by atoms with E-state index >= 15 is 0 Å². The Kier molecular flexibility index (Phi) is 4.15. The van der Waals surface area contributed by atoms with Gasteiger partial charge < -0.3 is 5.11 Å². The van der Waals surface area contributed by atoms with E-state index < -0.39 is 0 Å². The van der Waals surface area contributed by atoms with Gasteiger partial charge in [-0.05, 0) is 70.9 Å². The summed E-state index contributed by atoms with van der Waals surface area (Å²) in [6.07, 6.45) is 0. The van der Waals surface area contributed by atoms with E-state index in [1.165, 1.54) is 48.5 Å². The lowest BCUT2D eigenvalue weighted by Gasteiger charge is -2.18. The summed E-state index contributed by atoms with van der Waals surface area (Å²) >= 11 is 0. The largest absolute Gasteiger partial charge is 0.507 e. The van der Waals surface area contributed by atoms with Gasteiger partial charge in [0.25, 0.3) is 0 Å². The molecule has 0 unspecified atom stereocenters. The second-order valence-electron chi connectivity index (χ2n) is 9.79. The van der Waals surface area contributed by atoms with E-state index in [1.807, 2.05) is 6.07 Å². The molecular weight excluding hydrogens is 448 g/mol. The minimum Gasteiger partial charge on any atom is -0.507 e. The molecule has 37 heavy (non-hydrogen) atoms. The Balaban J connectivity index is 1.66. The normalized spacial score (nSPS) is 11.9. The first-order valence-corrected chi connectivity index (χ1v) is 12.7. The van der Waals surface area contributed by atoms with Crippen molar-refractivity contribution in [2.45, 2.75) is 0 Å². The Morgan fingerprint density at radius 2 is 0.649 bits per heavy atom. The van der Waals surface area contributed by atoms with Crippen LogP contribution >= 0.6 is 0 Å². The first kappa shape index (κ1) is 20.3. The number of aromatic hydroxyl groups is 1. The average molecular weight is 471 g/mol. The number of phenols is 1. The summed E-state index contributed by atoms with van der Waals surface area (Å²) in [7, 11) is 0. The molecule has 172 valence electrons. The van der Waals surface area contributed by atoms with Gasteiger partial charge in [-0.2, -0.15) is 0 Å². The molecule has 0 saturated carbocycles. The van der Waals surface area contributed by atoms with Crippen LogP contribution in [0.15, 0.2) is 127 Å². The van der Waals surface area contributed by atoms with Gasteiger partial charge in [-0.25, -0.2) is 0 Å². The van der Waals surface area contributed by atoms with Crippen molar-refractivity contribution in [3.8, 4) is 16.9 Å². The molecule has 1 nitrogen and oxygen atoms in total. The molecule has 0 aliphatic heterocycles. The first-order valence-electron chi connectivity index (χ1n) is 12.7. The zero-order chi connectivity index (χ0) is 24.5. The number of rotatable bonds is 1. The molecule has 0 atom stereocenters. The van der Waals surface area contributed by atoms with Crippen LogP contribution in [-0.4, -0.2) is 5.11 Å². The van der Waals surface area contributed by atoms with Gasteiger partial charge in [-0.1, -0.05) is 121 Å². The first-order chi connectivity index (χ1) is 18.3. The van der Waals surface area contributed by atoms with E-state index in [-0.39, 0.29) is 0 Å². The molecule has 0 bridgehead atoms. The van der Waals surface area contributed by atoms with Crippen molar-refractivity contribution in [2.75, 3.05) is 0 Å². The molecule has 0 heterocycles. The van der Waals surface area contributed by atoms with Crippen molar-refractivity contribution in [3.63, 3.8) is 0 Å². The van der Waals surface area contributed by atoms with Crippen LogP contribution in [0.1, 0.15) is 0 Å². The van der Waals surface area contributed by atoms with Gasteiger partial charge in [0.15, 0.2) is 0 Å². The fourth-order valence-electron chi connectivity index (χ4n) is 6.42. The van der Waals surface area contributed by atoms with E-state index in [1.54, 1.807) is 0 Å². The molecule has 0 aromatic heterocycles. The van der Waals surface area contributed by atoms with Crippen LogP contribution in [0.3, 0.4) is 0 Å². The summed E-state index contributed by atoms with van der Waals surface area (Å²) < 4.78 is 0. The minimum atomic E-state index is 0.303. The van der Waals surface area contributed by atoms with Crippen LogP contribution in [0.5, 0.6) is 5.75 Å². The van der Waals surface area contributed by atoms with Crippen molar-refractivity contribution in [2.24, 2.45) is 0 Å². The molecule has 0 fully saturated rings.